The standard InChI is InChI=1S/C11H18N4/c1-14-10-6-4-9(5-7-10)3-2-8-15-11(12)13/h4-7,14H,2-3,8H2,1H3,(H4,12,13,15). The van der Waals surface area contributed by atoms with Crippen molar-refractivity contribution in [1.29, 1.82) is 0 Å². The summed E-state index contributed by atoms with van der Waals surface area (Å²) in [5.41, 5.74) is 12.9. The van der Waals surface area contributed by atoms with E-state index < -0.39 is 0 Å². The van der Waals surface area contributed by atoms with Gasteiger partial charge in [0.25, 0.3) is 0 Å². The van der Waals surface area contributed by atoms with Gasteiger partial charge in [-0.25, -0.2) is 0 Å². The van der Waals surface area contributed by atoms with Crippen LogP contribution in [0.5, 0.6) is 0 Å². The third-order valence-electron chi connectivity index (χ3n) is 2.16. The van der Waals surface area contributed by atoms with Crippen molar-refractivity contribution in [2.24, 2.45) is 16.5 Å². The Morgan fingerprint density at radius 2 is 1.93 bits per heavy atom. The number of hydrogen-bond donors (Lipinski definition) is 3. The van der Waals surface area contributed by atoms with Gasteiger partial charge in [-0.05, 0) is 30.5 Å². The molecule has 0 radical (unpaired) electrons. The van der Waals surface area contributed by atoms with Crippen molar-refractivity contribution in [3.05, 3.63) is 29.8 Å². The zero-order chi connectivity index (χ0) is 11.1. The molecule has 82 valence electrons. The minimum Gasteiger partial charge on any atom is -0.388 e. The lowest BCUT2D eigenvalue weighted by Crippen LogP contribution is -2.23. The first-order valence-corrected chi connectivity index (χ1v) is 5.04. The maximum Gasteiger partial charge on any atom is 0.185 e. The average molecular weight is 206 g/mol. The molecular formula is C11H18N4. The van der Waals surface area contributed by atoms with Gasteiger partial charge in [0.05, 0.1) is 0 Å². The van der Waals surface area contributed by atoms with E-state index in [0.29, 0.717) is 6.54 Å². The zero-order valence-electron chi connectivity index (χ0n) is 9.03. The van der Waals surface area contributed by atoms with Gasteiger partial charge in [-0.15, -0.1) is 0 Å². The maximum atomic E-state index is 5.23. The number of benzene rings is 1. The molecule has 15 heavy (non-hydrogen) atoms. The summed E-state index contributed by atoms with van der Waals surface area (Å²) in [4.78, 5) is 3.93. The molecule has 0 bridgehead atoms. The molecule has 0 amide bonds. The summed E-state index contributed by atoms with van der Waals surface area (Å²) in [6.07, 6.45) is 1.97. The summed E-state index contributed by atoms with van der Waals surface area (Å²) in [6.45, 7) is 0.691. The molecular weight excluding hydrogens is 188 g/mol. The highest BCUT2D eigenvalue weighted by Gasteiger charge is 1.93. The minimum atomic E-state index is 0.167. The SMILES string of the molecule is CNc1ccc(CCCN=C(N)N)cc1. The number of nitrogens with two attached hydrogens (primary N) is 2. The van der Waals surface area contributed by atoms with E-state index in [1.807, 2.05) is 7.05 Å². The van der Waals surface area contributed by atoms with E-state index in [0.717, 1.165) is 18.5 Å². The molecule has 0 spiro atoms. The number of hydrogen-bond acceptors (Lipinski definition) is 2. The van der Waals surface area contributed by atoms with E-state index in [9.17, 15) is 0 Å². The first kappa shape index (κ1) is 11.4. The summed E-state index contributed by atoms with van der Waals surface area (Å²) >= 11 is 0. The molecule has 0 aliphatic rings. The number of aliphatic imine (C=N–C) groups is 1. The number of nitrogens with one attached hydrogen (secondary N) is 1. The lowest BCUT2D eigenvalue weighted by molar-refractivity contribution is 0.831. The molecule has 1 rings (SSSR count). The first-order valence-electron chi connectivity index (χ1n) is 5.04. The molecule has 1 aromatic rings. The molecule has 0 unspecified atom stereocenters. The fourth-order valence-electron chi connectivity index (χ4n) is 1.33. The topological polar surface area (TPSA) is 76.4 Å². The third-order valence-corrected chi connectivity index (χ3v) is 2.16. The monoisotopic (exact) mass is 206 g/mol. The zero-order valence-corrected chi connectivity index (χ0v) is 9.03. The lowest BCUT2D eigenvalue weighted by atomic mass is 10.1. The Labute approximate surface area is 90.4 Å². The van der Waals surface area contributed by atoms with Gasteiger partial charge in [0.1, 0.15) is 0 Å². The fraction of sp³-hybridized carbons (Fsp3) is 0.364. The van der Waals surface area contributed by atoms with Gasteiger partial charge in [0.2, 0.25) is 0 Å². The fourth-order valence-corrected chi connectivity index (χ4v) is 1.33. The molecule has 0 saturated heterocycles. The Bertz CT molecular complexity index is 312. The average Bonchev–Trinajstić information content (AvgIpc) is 2.25. The summed E-state index contributed by atoms with van der Waals surface area (Å²) in [7, 11) is 1.91. The number of aryl methyl sites for hydroxylation is 1. The summed E-state index contributed by atoms with van der Waals surface area (Å²) in [6, 6.07) is 8.36. The molecule has 4 heteroatoms. The van der Waals surface area contributed by atoms with Gasteiger partial charge in [0, 0.05) is 19.3 Å². The highest BCUT2D eigenvalue weighted by Crippen LogP contribution is 2.09. The van der Waals surface area contributed by atoms with Gasteiger partial charge in [-0.3, -0.25) is 4.99 Å². The Kier molecular flexibility index (Phi) is 4.47. The van der Waals surface area contributed by atoms with Crippen LogP contribution in [0.4, 0.5) is 5.69 Å². The van der Waals surface area contributed by atoms with Crippen LogP contribution in [0.2, 0.25) is 0 Å². The van der Waals surface area contributed by atoms with Crippen LogP contribution in [0.25, 0.3) is 0 Å². The second kappa shape index (κ2) is 5.90. The molecule has 0 atom stereocenters. The molecule has 4 nitrogen and oxygen atoms in total. The van der Waals surface area contributed by atoms with E-state index in [-0.39, 0.29) is 5.96 Å². The normalized spacial score (nSPS) is 9.67. The largest absolute Gasteiger partial charge is 0.388 e. The van der Waals surface area contributed by atoms with Gasteiger partial charge in [-0.1, -0.05) is 12.1 Å². The van der Waals surface area contributed by atoms with Gasteiger partial charge < -0.3 is 16.8 Å². The number of anilines is 1. The Morgan fingerprint density at radius 1 is 1.27 bits per heavy atom. The predicted molar refractivity (Wildman–Crippen MR) is 65.0 cm³/mol. The van der Waals surface area contributed by atoms with Gasteiger partial charge in [-0.2, -0.15) is 0 Å². The van der Waals surface area contributed by atoms with Crippen molar-refractivity contribution < 1.29 is 0 Å². The van der Waals surface area contributed by atoms with Gasteiger partial charge in [0.15, 0.2) is 5.96 Å². The van der Waals surface area contributed by atoms with Crippen molar-refractivity contribution in [2.75, 3.05) is 18.9 Å². The number of guanidine groups is 1. The van der Waals surface area contributed by atoms with Crippen LogP contribution in [0.15, 0.2) is 29.3 Å². The summed E-state index contributed by atoms with van der Waals surface area (Å²) in [5.74, 6) is 0.167. The van der Waals surface area contributed by atoms with Crippen LogP contribution >= 0.6 is 0 Å². The van der Waals surface area contributed by atoms with Crippen LogP contribution in [0.3, 0.4) is 0 Å². The molecule has 5 N–H and O–H groups in total. The molecule has 0 heterocycles. The van der Waals surface area contributed by atoms with E-state index in [1.165, 1.54) is 5.56 Å². The Morgan fingerprint density at radius 3 is 2.47 bits per heavy atom. The van der Waals surface area contributed by atoms with Crippen molar-refractivity contribution in [1.82, 2.24) is 0 Å². The highest BCUT2D eigenvalue weighted by molar-refractivity contribution is 5.75. The van der Waals surface area contributed by atoms with Crippen molar-refractivity contribution in [2.45, 2.75) is 12.8 Å². The molecule has 1 aromatic carbocycles. The lowest BCUT2D eigenvalue weighted by Gasteiger charge is -2.02. The molecule has 0 fully saturated rings. The van der Waals surface area contributed by atoms with E-state index in [1.54, 1.807) is 0 Å². The van der Waals surface area contributed by atoms with Crippen LogP contribution in [-0.4, -0.2) is 19.6 Å². The van der Waals surface area contributed by atoms with Crippen LogP contribution in [0.1, 0.15) is 12.0 Å². The second-order valence-electron chi connectivity index (χ2n) is 3.36. The minimum absolute atomic E-state index is 0.167. The number of rotatable bonds is 5. The predicted octanol–water partition coefficient (Wildman–Crippen LogP) is 0.934. The Balaban J connectivity index is 2.35. The second-order valence-corrected chi connectivity index (χ2v) is 3.36. The van der Waals surface area contributed by atoms with Gasteiger partial charge >= 0.3 is 0 Å². The highest BCUT2D eigenvalue weighted by atomic mass is 15.0. The maximum absolute atomic E-state index is 5.23. The molecule has 0 aliphatic carbocycles. The smallest absolute Gasteiger partial charge is 0.185 e. The molecule has 0 saturated carbocycles. The third kappa shape index (κ3) is 4.35. The van der Waals surface area contributed by atoms with Crippen LogP contribution in [-0.2, 0) is 6.42 Å². The van der Waals surface area contributed by atoms with E-state index in [4.69, 9.17) is 11.5 Å². The van der Waals surface area contributed by atoms with Crippen LogP contribution in [0, 0.1) is 0 Å². The summed E-state index contributed by atoms with van der Waals surface area (Å²) < 4.78 is 0. The quantitative estimate of drug-likeness (QED) is 0.381. The van der Waals surface area contributed by atoms with Crippen molar-refractivity contribution in [3.8, 4) is 0 Å². The summed E-state index contributed by atoms with van der Waals surface area (Å²) in [5, 5.41) is 3.08. The molecule has 0 aliphatic heterocycles. The van der Waals surface area contributed by atoms with E-state index in [2.05, 4.69) is 34.6 Å². The first-order chi connectivity index (χ1) is 7.22. The van der Waals surface area contributed by atoms with Crippen molar-refractivity contribution >= 4 is 11.6 Å². The number of nitrogens with zero attached hydrogens (tertiary/aromatic N) is 1. The van der Waals surface area contributed by atoms with E-state index >= 15 is 0 Å². The van der Waals surface area contributed by atoms with Crippen molar-refractivity contribution in [3.63, 3.8) is 0 Å². The Hall–Kier alpha value is -1.71. The van der Waals surface area contributed by atoms with Crippen LogP contribution < -0.4 is 16.8 Å². The molecule has 0 aromatic heterocycles.